The van der Waals surface area contributed by atoms with Gasteiger partial charge < -0.3 is 18.6 Å². The molecule has 0 bridgehead atoms. The van der Waals surface area contributed by atoms with Crippen molar-refractivity contribution < 1.29 is 28.2 Å². The molecule has 0 N–H and O–H groups in total. The molecule has 0 saturated heterocycles. The number of ether oxygens (including phenoxy) is 3. The largest absolute Gasteiger partial charge is 0.493 e. The number of hydrogen-bond acceptors (Lipinski definition) is 7. The van der Waals surface area contributed by atoms with Crippen LogP contribution in [0.1, 0.15) is 37.7 Å². The number of oxazole rings is 1. The molecule has 0 saturated carbocycles. The molecule has 29 heavy (non-hydrogen) atoms. The second kappa shape index (κ2) is 8.60. The SMILES string of the molecule is COC(=O)c1cc(-c2nc(COc3ccc(C=O)cc3OC)c(C)o2)ccc1C. The first-order valence-electron chi connectivity index (χ1n) is 8.88. The van der Waals surface area contributed by atoms with Crippen LogP contribution >= 0.6 is 0 Å². The molecule has 0 aliphatic heterocycles. The number of esters is 1. The fourth-order valence-corrected chi connectivity index (χ4v) is 2.79. The fourth-order valence-electron chi connectivity index (χ4n) is 2.79. The van der Waals surface area contributed by atoms with Crippen molar-refractivity contribution in [3.05, 3.63) is 64.5 Å². The number of carbonyl (C=O) groups excluding carboxylic acids is 2. The van der Waals surface area contributed by atoms with Crippen LogP contribution in [0.15, 0.2) is 40.8 Å². The summed E-state index contributed by atoms with van der Waals surface area (Å²) in [6.45, 7) is 3.78. The normalized spacial score (nSPS) is 10.5. The molecule has 150 valence electrons. The highest BCUT2D eigenvalue weighted by molar-refractivity contribution is 5.92. The van der Waals surface area contributed by atoms with Gasteiger partial charge in [-0.1, -0.05) is 6.07 Å². The van der Waals surface area contributed by atoms with Crippen molar-refractivity contribution in [3.8, 4) is 23.0 Å². The molecule has 0 aliphatic rings. The zero-order valence-corrected chi connectivity index (χ0v) is 16.6. The molecule has 0 unspecified atom stereocenters. The van der Waals surface area contributed by atoms with Crippen LogP contribution in [0.25, 0.3) is 11.5 Å². The zero-order chi connectivity index (χ0) is 21.0. The summed E-state index contributed by atoms with van der Waals surface area (Å²) >= 11 is 0. The van der Waals surface area contributed by atoms with Gasteiger partial charge in [0.15, 0.2) is 11.5 Å². The maximum Gasteiger partial charge on any atom is 0.338 e. The fraction of sp³-hybridized carbons (Fsp3) is 0.227. The number of methoxy groups -OCH3 is 2. The van der Waals surface area contributed by atoms with Crippen molar-refractivity contribution >= 4 is 12.3 Å². The lowest BCUT2D eigenvalue weighted by atomic mass is 10.1. The predicted octanol–water partition coefficient (Wildman–Crippen LogP) is 4.15. The number of benzene rings is 2. The van der Waals surface area contributed by atoms with E-state index in [0.29, 0.717) is 45.5 Å². The average Bonchev–Trinajstić information content (AvgIpc) is 3.12. The summed E-state index contributed by atoms with van der Waals surface area (Å²) in [6.07, 6.45) is 0.741. The van der Waals surface area contributed by atoms with Gasteiger partial charge in [0.05, 0.1) is 19.8 Å². The minimum atomic E-state index is -0.415. The second-order valence-corrected chi connectivity index (χ2v) is 6.36. The van der Waals surface area contributed by atoms with Crippen LogP contribution < -0.4 is 9.47 Å². The van der Waals surface area contributed by atoms with Gasteiger partial charge in [-0.15, -0.1) is 0 Å². The molecule has 7 heteroatoms. The first-order valence-corrected chi connectivity index (χ1v) is 8.88. The molecule has 7 nitrogen and oxygen atoms in total. The Kier molecular flexibility index (Phi) is 5.97. The molecular formula is C22H21NO6. The summed E-state index contributed by atoms with van der Waals surface area (Å²) < 4.78 is 21.7. The number of aromatic nitrogens is 1. The number of hydrogen-bond donors (Lipinski definition) is 0. The van der Waals surface area contributed by atoms with Gasteiger partial charge >= 0.3 is 5.97 Å². The summed E-state index contributed by atoms with van der Waals surface area (Å²) in [5.41, 5.74) is 3.03. The molecule has 0 fully saturated rings. The average molecular weight is 395 g/mol. The van der Waals surface area contributed by atoms with Gasteiger partial charge in [-0.3, -0.25) is 4.79 Å². The van der Waals surface area contributed by atoms with Crippen LogP contribution in [0.2, 0.25) is 0 Å². The topological polar surface area (TPSA) is 87.9 Å². The molecule has 3 rings (SSSR count). The highest BCUT2D eigenvalue weighted by atomic mass is 16.5. The molecular weight excluding hydrogens is 374 g/mol. The number of nitrogens with zero attached hydrogens (tertiary/aromatic N) is 1. The lowest BCUT2D eigenvalue weighted by Crippen LogP contribution is -2.04. The van der Waals surface area contributed by atoms with Gasteiger partial charge in [-0.05, 0) is 49.7 Å². The van der Waals surface area contributed by atoms with Crippen LogP contribution in [-0.2, 0) is 11.3 Å². The van der Waals surface area contributed by atoms with E-state index in [9.17, 15) is 9.59 Å². The maximum absolute atomic E-state index is 11.9. The van der Waals surface area contributed by atoms with E-state index in [-0.39, 0.29) is 6.61 Å². The van der Waals surface area contributed by atoms with Crippen LogP contribution in [-0.4, -0.2) is 31.5 Å². The van der Waals surface area contributed by atoms with E-state index < -0.39 is 5.97 Å². The predicted molar refractivity (Wildman–Crippen MR) is 105 cm³/mol. The molecule has 0 amide bonds. The third kappa shape index (κ3) is 4.29. The Bertz CT molecular complexity index is 1050. The molecule has 0 spiro atoms. The van der Waals surface area contributed by atoms with Gasteiger partial charge in [0.25, 0.3) is 0 Å². The van der Waals surface area contributed by atoms with Gasteiger partial charge in [-0.2, -0.15) is 0 Å². The van der Waals surface area contributed by atoms with Gasteiger partial charge in [0, 0.05) is 11.1 Å². The maximum atomic E-state index is 11.9. The van der Waals surface area contributed by atoms with E-state index >= 15 is 0 Å². The molecule has 0 radical (unpaired) electrons. The Morgan fingerprint density at radius 3 is 2.59 bits per heavy atom. The first kappa shape index (κ1) is 20.1. The number of carbonyl (C=O) groups is 2. The molecule has 0 aliphatic carbocycles. The number of rotatable bonds is 7. The highest BCUT2D eigenvalue weighted by Crippen LogP contribution is 2.30. The van der Waals surface area contributed by atoms with Gasteiger partial charge in [0.2, 0.25) is 5.89 Å². The van der Waals surface area contributed by atoms with E-state index in [2.05, 4.69) is 4.98 Å². The summed E-state index contributed by atoms with van der Waals surface area (Å²) in [7, 11) is 2.85. The third-order valence-electron chi connectivity index (χ3n) is 4.47. The van der Waals surface area contributed by atoms with Crippen LogP contribution in [0.4, 0.5) is 0 Å². The quantitative estimate of drug-likeness (QED) is 0.439. The molecule has 0 atom stereocenters. The number of aldehydes is 1. The summed E-state index contributed by atoms with van der Waals surface area (Å²) in [5.74, 6) is 1.52. The summed E-state index contributed by atoms with van der Waals surface area (Å²) in [4.78, 5) is 27.3. The van der Waals surface area contributed by atoms with E-state index in [4.69, 9.17) is 18.6 Å². The van der Waals surface area contributed by atoms with Crippen molar-refractivity contribution in [1.29, 1.82) is 0 Å². The Balaban J connectivity index is 1.83. The van der Waals surface area contributed by atoms with E-state index in [0.717, 1.165) is 11.8 Å². The van der Waals surface area contributed by atoms with Crippen LogP contribution in [0.5, 0.6) is 11.5 Å². The van der Waals surface area contributed by atoms with Gasteiger partial charge in [-0.25, -0.2) is 9.78 Å². The molecule has 1 heterocycles. The number of aryl methyl sites for hydroxylation is 2. The Morgan fingerprint density at radius 1 is 1.10 bits per heavy atom. The van der Waals surface area contributed by atoms with Crippen molar-refractivity contribution in [3.63, 3.8) is 0 Å². The van der Waals surface area contributed by atoms with Crippen LogP contribution in [0.3, 0.4) is 0 Å². The van der Waals surface area contributed by atoms with Crippen molar-refractivity contribution in [2.75, 3.05) is 14.2 Å². The first-order chi connectivity index (χ1) is 14.0. The Hall–Kier alpha value is -3.61. The van der Waals surface area contributed by atoms with Crippen molar-refractivity contribution in [2.45, 2.75) is 20.5 Å². The minimum Gasteiger partial charge on any atom is -0.493 e. The van der Waals surface area contributed by atoms with Crippen molar-refractivity contribution in [1.82, 2.24) is 4.98 Å². The lowest BCUT2D eigenvalue weighted by Gasteiger charge is -2.10. The van der Waals surface area contributed by atoms with E-state index in [1.807, 2.05) is 19.1 Å². The molecule has 1 aromatic heterocycles. The zero-order valence-electron chi connectivity index (χ0n) is 16.6. The summed E-state index contributed by atoms with van der Waals surface area (Å²) in [5, 5.41) is 0. The lowest BCUT2D eigenvalue weighted by molar-refractivity contribution is 0.0600. The minimum absolute atomic E-state index is 0.155. The molecule has 3 aromatic rings. The third-order valence-corrected chi connectivity index (χ3v) is 4.47. The molecule has 2 aromatic carbocycles. The van der Waals surface area contributed by atoms with E-state index in [1.54, 1.807) is 31.2 Å². The Labute approximate surface area is 168 Å². The second-order valence-electron chi connectivity index (χ2n) is 6.36. The van der Waals surface area contributed by atoms with Crippen LogP contribution in [0, 0.1) is 13.8 Å². The smallest absolute Gasteiger partial charge is 0.338 e. The van der Waals surface area contributed by atoms with E-state index in [1.165, 1.54) is 14.2 Å². The summed E-state index contributed by atoms with van der Waals surface area (Å²) in [6, 6.07) is 10.3. The highest BCUT2D eigenvalue weighted by Gasteiger charge is 2.16. The monoisotopic (exact) mass is 395 g/mol. The Morgan fingerprint density at radius 2 is 1.90 bits per heavy atom. The van der Waals surface area contributed by atoms with Crippen molar-refractivity contribution in [2.24, 2.45) is 0 Å². The van der Waals surface area contributed by atoms with Gasteiger partial charge in [0.1, 0.15) is 24.3 Å². The standard InChI is InChI=1S/C22H21NO6/c1-13-5-7-16(10-17(13)22(25)27-4)21-23-18(14(2)29-21)12-28-19-8-6-15(11-24)9-20(19)26-3/h5-11H,12H2,1-4H3.